The summed E-state index contributed by atoms with van der Waals surface area (Å²) in [6.07, 6.45) is 1.78. The van der Waals surface area contributed by atoms with Crippen molar-refractivity contribution in [3.63, 3.8) is 0 Å². The molecule has 1 atom stereocenters. The van der Waals surface area contributed by atoms with Gasteiger partial charge in [-0.2, -0.15) is 0 Å². The van der Waals surface area contributed by atoms with E-state index in [1.54, 1.807) is 0 Å². The molecule has 1 aliphatic rings. The van der Waals surface area contributed by atoms with E-state index in [4.69, 9.17) is 11.6 Å². The number of non-ortho nitro benzene ring substituents is 1. The Labute approximate surface area is 114 Å². The molecule has 1 saturated heterocycles. The van der Waals surface area contributed by atoms with Crippen molar-refractivity contribution in [3.05, 3.63) is 38.4 Å². The molecule has 0 radical (unpaired) electrons. The Bertz CT molecular complexity index is 523. The quantitative estimate of drug-likeness (QED) is 0.482. The highest BCUT2D eigenvalue weighted by atomic mass is 35.5. The summed E-state index contributed by atoms with van der Waals surface area (Å²) in [6, 6.07) is 3.76. The smallest absolute Gasteiger partial charge is 0.299 e. The minimum absolute atomic E-state index is 0.0434. The zero-order valence-corrected chi connectivity index (χ0v) is 10.7. The van der Waals surface area contributed by atoms with Crippen molar-refractivity contribution in [2.75, 3.05) is 17.3 Å². The topological polar surface area (TPSA) is 89.5 Å². The zero-order chi connectivity index (χ0) is 14.0. The third kappa shape index (κ3) is 2.60. The van der Waals surface area contributed by atoms with Crippen LogP contribution in [0.15, 0.2) is 18.2 Å². The van der Waals surface area contributed by atoms with Gasteiger partial charge >= 0.3 is 0 Å². The van der Waals surface area contributed by atoms with Crippen LogP contribution in [0, 0.1) is 20.2 Å². The third-order valence-corrected chi connectivity index (χ3v) is 3.59. The molecule has 1 aromatic rings. The first-order valence-corrected chi connectivity index (χ1v) is 6.33. The zero-order valence-electron chi connectivity index (χ0n) is 9.99. The van der Waals surface area contributed by atoms with Crippen molar-refractivity contribution < 1.29 is 9.85 Å². The number of alkyl halides is 1. The molecule has 2 rings (SSSR count). The number of hydrogen-bond donors (Lipinski definition) is 0. The van der Waals surface area contributed by atoms with Gasteiger partial charge in [-0.05, 0) is 18.9 Å². The van der Waals surface area contributed by atoms with E-state index in [0.29, 0.717) is 18.1 Å². The average Bonchev–Trinajstić information content (AvgIpc) is 2.85. The molecule has 0 N–H and O–H groups in total. The first kappa shape index (κ1) is 13.5. The SMILES string of the molecule is O=[N+]([O-])c1ccc(N2CCCC2CCl)c([N+](=O)[O-])c1. The van der Waals surface area contributed by atoms with Gasteiger partial charge in [0.15, 0.2) is 0 Å². The van der Waals surface area contributed by atoms with Gasteiger partial charge in [0.2, 0.25) is 0 Å². The molecule has 0 amide bonds. The number of halogens is 1. The van der Waals surface area contributed by atoms with E-state index in [2.05, 4.69) is 0 Å². The maximum absolute atomic E-state index is 11.1. The summed E-state index contributed by atoms with van der Waals surface area (Å²) in [7, 11) is 0. The van der Waals surface area contributed by atoms with E-state index < -0.39 is 9.85 Å². The number of benzene rings is 1. The van der Waals surface area contributed by atoms with Gasteiger partial charge in [-0.3, -0.25) is 20.2 Å². The van der Waals surface area contributed by atoms with E-state index >= 15 is 0 Å². The standard InChI is InChI=1S/C11H12ClN3O4/c12-7-9-2-1-5-13(9)10-4-3-8(14(16)17)6-11(10)15(18)19/h3-4,6,9H,1-2,5,7H2. The van der Waals surface area contributed by atoms with Gasteiger partial charge in [0.05, 0.1) is 15.9 Å². The molecule has 1 heterocycles. The van der Waals surface area contributed by atoms with Crippen molar-refractivity contribution in [1.29, 1.82) is 0 Å². The van der Waals surface area contributed by atoms with Crippen LogP contribution in [0.4, 0.5) is 17.1 Å². The predicted molar refractivity (Wildman–Crippen MR) is 70.8 cm³/mol. The molecule has 1 fully saturated rings. The Kier molecular flexibility index (Phi) is 3.84. The third-order valence-electron chi connectivity index (χ3n) is 3.23. The molecule has 7 nitrogen and oxygen atoms in total. The number of hydrogen-bond acceptors (Lipinski definition) is 5. The highest BCUT2D eigenvalue weighted by Crippen LogP contribution is 2.36. The molecule has 0 aliphatic carbocycles. The molecule has 1 aromatic carbocycles. The molecular formula is C11H12ClN3O4. The van der Waals surface area contributed by atoms with Crippen LogP contribution in [0.25, 0.3) is 0 Å². The fourth-order valence-corrected chi connectivity index (χ4v) is 2.65. The number of nitrogens with zero attached hydrogens (tertiary/aromatic N) is 3. The lowest BCUT2D eigenvalue weighted by molar-refractivity contribution is -0.393. The Balaban J connectivity index is 2.45. The number of rotatable bonds is 4. The molecule has 19 heavy (non-hydrogen) atoms. The first-order chi connectivity index (χ1) is 9.04. The summed E-state index contributed by atoms with van der Waals surface area (Å²) in [4.78, 5) is 22.4. The van der Waals surface area contributed by atoms with Crippen LogP contribution >= 0.6 is 11.6 Å². The van der Waals surface area contributed by atoms with E-state index in [-0.39, 0.29) is 17.4 Å². The molecular weight excluding hydrogens is 274 g/mol. The average molecular weight is 286 g/mol. The number of nitro benzene ring substituents is 2. The van der Waals surface area contributed by atoms with Crippen molar-refractivity contribution >= 4 is 28.7 Å². The molecule has 0 bridgehead atoms. The second-order valence-corrected chi connectivity index (χ2v) is 4.64. The summed E-state index contributed by atoms with van der Waals surface area (Å²) < 4.78 is 0. The number of anilines is 1. The van der Waals surface area contributed by atoms with Gasteiger partial charge in [-0.15, -0.1) is 11.6 Å². The Hall–Kier alpha value is -1.89. The second-order valence-electron chi connectivity index (χ2n) is 4.33. The van der Waals surface area contributed by atoms with Crippen molar-refractivity contribution in [1.82, 2.24) is 0 Å². The van der Waals surface area contributed by atoms with E-state index in [1.807, 2.05) is 4.90 Å². The Morgan fingerprint density at radius 3 is 2.63 bits per heavy atom. The summed E-state index contributed by atoms with van der Waals surface area (Å²) in [6.45, 7) is 0.677. The largest absolute Gasteiger partial charge is 0.362 e. The first-order valence-electron chi connectivity index (χ1n) is 5.80. The van der Waals surface area contributed by atoms with Crippen LogP contribution in [0.1, 0.15) is 12.8 Å². The van der Waals surface area contributed by atoms with Crippen molar-refractivity contribution in [2.24, 2.45) is 0 Å². The van der Waals surface area contributed by atoms with Crippen LogP contribution in [0.5, 0.6) is 0 Å². The fraction of sp³-hybridized carbons (Fsp3) is 0.455. The molecule has 8 heteroatoms. The van der Waals surface area contributed by atoms with Gasteiger partial charge in [0.25, 0.3) is 11.4 Å². The Morgan fingerprint density at radius 2 is 2.05 bits per heavy atom. The highest BCUT2D eigenvalue weighted by Gasteiger charge is 2.30. The van der Waals surface area contributed by atoms with Crippen LogP contribution in [-0.2, 0) is 0 Å². The summed E-state index contributed by atoms with van der Waals surface area (Å²) in [5.74, 6) is 0.383. The fourth-order valence-electron chi connectivity index (χ4n) is 2.33. The van der Waals surface area contributed by atoms with Gasteiger partial charge in [0.1, 0.15) is 5.69 Å². The van der Waals surface area contributed by atoms with Crippen molar-refractivity contribution in [3.8, 4) is 0 Å². The maximum Gasteiger partial charge on any atom is 0.299 e. The predicted octanol–water partition coefficient (Wildman–Crippen LogP) is 2.71. The van der Waals surface area contributed by atoms with Gasteiger partial charge in [0, 0.05) is 24.5 Å². The normalized spacial score (nSPS) is 18.6. The monoisotopic (exact) mass is 285 g/mol. The lowest BCUT2D eigenvalue weighted by Crippen LogP contribution is -2.31. The summed E-state index contributed by atoms with van der Waals surface area (Å²) in [5.41, 5.74) is -0.123. The maximum atomic E-state index is 11.1. The molecule has 0 spiro atoms. The van der Waals surface area contributed by atoms with Gasteiger partial charge in [-0.1, -0.05) is 0 Å². The summed E-state index contributed by atoms with van der Waals surface area (Å²) in [5, 5.41) is 21.7. The molecule has 1 aliphatic heterocycles. The van der Waals surface area contributed by atoms with Crippen LogP contribution < -0.4 is 4.90 Å². The van der Waals surface area contributed by atoms with Gasteiger partial charge in [-0.25, -0.2) is 0 Å². The molecule has 0 saturated carbocycles. The minimum atomic E-state index is -0.639. The van der Waals surface area contributed by atoms with E-state index in [9.17, 15) is 20.2 Å². The van der Waals surface area contributed by atoms with Crippen LogP contribution in [0.2, 0.25) is 0 Å². The minimum Gasteiger partial charge on any atom is -0.362 e. The molecule has 102 valence electrons. The van der Waals surface area contributed by atoms with E-state index in [1.165, 1.54) is 12.1 Å². The van der Waals surface area contributed by atoms with E-state index in [0.717, 1.165) is 18.9 Å². The van der Waals surface area contributed by atoms with Crippen LogP contribution in [0.3, 0.4) is 0 Å². The summed E-state index contributed by atoms with van der Waals surface area (Å²) >= 11 is 5.85. The van der Waals surface area contributed by atoms with Crippen LogP contribution in [-0.4, -0.2) is 28.3 Å². The highest BCUT2D eigenvalue weighted by molar-refractivity contribution is 6.18. The lowest BCUT2D eigenvalue weighted by Gasteiger charge is -2.24. The molecule has 0 aromatic heterocycles. The van der Waals surface area contributed by atoms with Gasteiger partial charge < -0.3 is 4.90 Å². The second kappa shape index (κ2) is 5.40. The lowest BCUT2D eigenvalue weighted by atomic mass is 10.2. The number of nitro groups is 2. The molecule has 1 unspecified atom stereocenters. The Morgan fingerprint density at radius 1 is 1.32 bits per heavy atom. The van der Waals surface area contributed by atoms with Crippen molar-refractivity contribution in [2.45, 2.75) is 18.9 Å².